The molecular formula is C19H28O2. The third-order valence-corrected chi connectivity index (χ3v) is 4.72. The average molecular weight is 288 g/mol. The van der Waals surface area contributed by atoms with Gasteiger partial charge in [-0.1, -0.05) is 69.4 Å². The van der Waals surface area contributed by atoms with Crippen LogP contribution in [0, 0.1) is 11.8 Å². The van der Waals surface area contributed by atoms with Crippen molar-refractivity contribution in [2.75, 3.05) is 0 Å². The molecule has 2 nitrogen and oxygen atoms in total. The second-order valence-electron chi connectivity index (χ2n) is 6.35. The molecule has 0 atom stereocenters. The maximum Gasteiger partial charge on any atom is 0.306 e. The van der Waals surface area contributed by atoms with Crippen molar-refractivity contribution in [3.05, 3.63) is 35.9 Å². The Labute approximate surface area is 128 Å². The van der Waals surface area contributed by atoms with E-state index in [9.17, 15) is 4.79 Å². The zero-order chi connectivity index (χ0) is 14.9. The summed E-state index contributed by atoms with van der Waals surface area (Å²) in [5.74, 6) is 1.42. The van der Waals surface area contributed by atoms with Crippen molar-refractivity contribution in [1.29, 1.82) is 0 Å². The first kappa shape index (κ1) is 16.1. The molecule has 1 aliphatic rings. The van der Waals surface area contributed by atoms with Crippen molar-refractivity contribution in [3.63, 3.8) is 0 Å². The second kappa shape index (κ2) is 8.86. The summed E-state index contributed by atoms with van der Waals surface area (Å²) in [6.45, 7) is 2.70. The summed E-state index contributed by atoms with van der Waals surface area (Å²) >= 11 is 0. The van der Waals surface area contributed by atoms with Crippen LogP contribution >= 0.6 is 0 Å². The highest BCUT2D eigenvalue weighted by atomic mass is 16.5. The maximum atomic E-state index is 12.0. The molecule has 2 rings (SSSR count). The van der Waals surface area contributed by atoms with Crippen LogP contribution in [-0.4, -0.2) is 5.97 Å². The van der Waals surface area contributed by atoms with E-state index < -0.39 is 0 Å². The topological polar surface area (TPSA) is 26.3 Å². The molecule has 0 bridgehead atoms. The molecule has 0 heterocycles. The highest BCUT2D eigenvalue weighted by molar-refractivity contribution is 5.69. The average Bonchev–Trinajstić information content (AvgIpc) is 2.49. The number of hydrogen-bond acceptors (Lipinski definition) is 2. The number of carbonyl (C=O) groups is 1. The highest BCUT2D eigenvalue weighted by Gasteiger charge is 2.19. The van der Waals surface area contributed by atoms with Crippen LogP contribution in [0.25, 0.3) is 0 Å². The van der Waals surface area contributed by atoms with E-state index >= 15 is 0 Å². The van der Waals surface area contributed by atoms with E-state index in [4.69, 9.17) is 4.74 Å². The van der Waals surface area contributed by atoms with E-state index in [2.05, 4.69) is 6.92 Å². The lowest BCUT2D eigenvalue weighted by atomic mass is 9.83. The minimum absolute atomic E-state index is 0.0310. The largest absolute Gasteiger partial charge is 0.461 e. The van der Waals surface area contributed by atoms with Crippen molar-refractivity contribution in [1.82, 2.24) is 0 Å². The fraction of sp³-hybridized carbons (Fsp3) is 0.632. The molecule has 0 saturated heterocycles. The Hall–Kier alpha value is -1.31. The van der Waals surface area contributed by atoms with E-state index in [1.807, 2.05) is 30.3 Å². The van der Waals surface area contributed by atoms with Crippen LogP contribution in [0.2, 0.25) is 0 Å². The van der Waals surface area contributed by atoms with Crippen LogP contribution in [0.4, 0.5) is 0 Å². The van der Waals surface area contributed by atoms with Crippen LogP contribution in [-0.2, 0) is 16.1 Å². The molecule has 1 fully saturated rings. The molecule has 21 heavy (non-hydrogen) atoms. The van der Waals surface area contributed by atoms with Gasteiger partial charge >= 0.3 is 5.97 Å². The van der Waals surface area contributed by atoms with Gasteiger partial charge in [-0.2, -0.15) is 0 Å². The van der Waals surface area contributed by atoms with Gasteiger partial charge in [-0.3, -0.25) is 4.79 Å². The normalized spacial score (nSPS) is 23.1. The van der Waals surface area contributed by atoms with Gasteiger partial charge < -0.3 is 4.74 Å². The summed E-state index contributed by atoms with van der Waals surface area (Å²) in [5, 5.41) is 0. The van der Waals surface area contributed by atoms with Gasteiger partial charge in [-0.05, 0) is 30.2 Å². The lowest BCUT2D eigenvalue weighted by molar-refractivity contribution is -0.146. The van der Waals surface area contributed by atoms with Crippen LogP contribution in [0.3, 0.4) is 0 Å². The number of ether oxygens (including phenoxy) is 1. The molecule has 1 aliphatic carbocycles. The standard InChI is InChI=1S/C19H28O2/c1-2-16-10-6-12-17(13-7-11-16)14-19(20)21-15-18-8-4-3-5-9-18/h3-5,8-9,16-17H,2,6-7,10-15H2,1H3. The van der Waals surface area contributed by atoms with E-state index in [0.717, 1.165) is 11.5 Å². The summed E-state index contributed by atoms with van der Waals surface area (Å²) in [6, 6.07) is 9.91. The quantitative estimate of drug-likeness (QED) is 0.703. The van der Waals surface area contributed by atoms with Gasteiger partial charge in [0.05, 0.1) is 0 Å². The molecule has 1 saturated carbocycles. The Morgan fingerprint density at radius 1 is 1.05 bits per heavy atom. The Balaban J connectivity index is 1.70. The number of benzene rings is 1. The smallest absolute Gasteiger partial charge is 0.306 e. The van der Waals surface area contributed by atoms with E-state index in [0.29, 0.717) is 18.9 Å². The molecule has 2 heteroatoms. The van der Waals surface area contributed by atoms with Crippen LogP contribution in [0.5, 0.6) is 0 Å². The first-order valence-corrected chi connectivity index (χ1v) is 8.47. The molecule has 1 aromatic rings. The Bertz CT molecular complexity index is 403. The first-order chi connectivity index (χ1) is 10.3. The Morgan fingerprint density at radius 2 is 1.67 bits per heavy atom. The molecule has 0 N–H and O–H groups in total. The summed E-state index contributed by atoms with van der Waals surface area (Å²) in [4.78, 5) is 12.0. The van der Waals surface area contributed by atoms with E-state index in [1.165, 1.54) is 44.9 Å². The van der Waals surface area contributed by atoms with Crippen molar-refractivity contribution in [3.8, 4) is 0 Å². The van der Waals surface area contributed by atoms with Crippen LogP contribution < -0.4 is 0 Å². The Kier molecular flexibility index (Phi) is 6.78. The Morgan fingerprint density at radius 3 is 2.29 bits per heavy atom. The first-order valence-electron chi connectivity index (χ1n) is 8.47. The van der Waals surface area contributed by atoms with Crippen LogP contribution in [0.1, 0.15) is 63.9 Å². The predicted molar refractivity (Wildman–Crippen MR) is 85.8 cm³/mol. The molecule has 0 unspecified atom stereocenters. The van der Waals surface area contributed by atoms with Crippen molar-refractivity contribution in [2.24, 2.45) is 11.8 Å². The zero-order valence-electron chi connectivity index (χ0n) is 13.2. The summed E-state index contributed by atoms with van der Waals surface area (Å²) in [7, 11) is 0. The number of esters is 1. The number of carbonyl (C=O) groups excluding carboxylic acids is 1. The molecular weight excluding hydrogens is 260 g/mol. The SMILES string of the molecule is CCC1CCCC(CC(=O)OCc2ccccc2)CCC1. The highest BCUT2D eigenvalue weighted by Crippen LogP contribution is 2.29. The maximum absolute atomic E-state index is 12.0. The lowest BCUT2D eigenvalue weighted by Crippen LogP contribution is -2.14. The molecule has 0 spiro atoms. The molecule has 0 amide bonds. The van der Waals surface area contributed by atoms with Crippen molar-refractivity contribution < 1.29 is 9.53 Å². The van der Waals surface area contributed by atoms with Gasteiger partial charge in [0.25, 0.3) is 0 Å². The molecule has 116 valence electrons. The van der Waals surface area contributed by atoms with Crippen molar-refractivity contribution >= 4 is 5.97 Å². The van der Waals surface area contributed by atoms with Gasteiger partial charge in [0, 0.05) is 6.42 Å². The van der Waals surface area contributed by atoms with Gasteiger partial charge in [-0.25, -0.2) is 0 Å². The summed E-state index contributed by atoms with van der Waals surface area (Å²) in [5.41, 5.74) is 1.06. The number of hydrogen-bond donors (Lipinski definition) is 0. The molecule has 0 aliphatic heterocycles. The van der Waals surface area contributed by atoms with Gasteiger partial charge in [0.15, 0.2) is 0 Å². The lowest BCUT2D eigenvalue weighted by Gasteiger charge is -2.23. The van der Waals surface area contributed by atoms with E-state index in [1.54, 1.807) is 0 Å². The van der Waals surface area contributed by atoms with Gasteiger partial charge in [0.2, 0.25) is 0 Å². The fourth-order valence-electron chi connectivity index (χ4n) is 3.32. The van der Waals surface area contributed by atoms with E-state index in [-0.39, 0.29) is 5.97 Å². The molecule has 0 aromatic heterocycles. The van der Waals surface area contributed by atoms with Crippen molar-refractivity contribution in [2.45, 2.75) is 64.9 Å². The molecule has 0 radical (unpaired) electrons. The minimum atomic E-state index is -0.0310. The second-order valence-corrected chi connectivity index (χ2v) is 6.35. The monoisotopic (exact) mass is 288 g/mol. The van der Waals surface area contributed by atoms with Gasteiger partial charge in [0.1, 0.15) is 6.61 Å². The predicted octanol–water partition coefficient (Wildman–Crippen LogP) is 5.12. The third-order valence-electron chi connectivity index (χ3n) is 4.72. The van der Waals surface area contributed by atoms with Crippen LogP contribution in [0.15, 0.2) is 30.3 Å². The molecule has 1 aromatic carbocycles. The minimum Gasteiger partial charge on any atom is -0.461 e. The zero-order valence-corrected chi connectivity index (χ0v) is 13.2. The summed E-state index contributed by atoms with van der Waals surface area (Å²) < 4.78 is 5.41. The fourth-order valence-corrected chi connectivity index (χ4v) is 3.32. The third kappa shape index (κ3) is 5.91. The summed E-state index contributed by atoms with van der Waals surface area (Å²) in [6.07, 6.45) is 9.52. The van der Waals surface area contributed by atoms with Gasteiger partial charge in [-0.15, -0.1) is 0 Å². The number of rotatable bonds is 5.